The first-order valence-electron chi connectivity index (χ1n) is 4.12. The third-order valence-electron chi connectivity index (χ3n) is 1.87. The highest BCUT2D eigenvalue weighted by Gasteiger charge is 2.23. The van der Waals surface area contributed by atoms with Crippen LogP contribution < -0.4 is 0 Å². The maximum atomic E-state index is 13.0. The summed E-state index contributed by atoms with van der Waals surface area (Å²) in [6.45, 7) is 0. The van der Waals surface area contributed by atoms with Gasteiger partial charge in [-0.05, 0) is 6.07 Å². The van der Waals surface area contributed by atoms with Gasteiger partial charge >= 0.3 is 0 Å². The first-order valence-corrected chi connectivity index (χ1v) is 5.20. The number of nitrogens with zero attached hydrogens (tertiary/aromatic N) is 3. The molecule has 0 saturated heterocycles. The van der Waals surface area contributed by atoms with Crippen molar-refractivity contribution in [1.82, 2.24) is 10.1 Å². The molecule has 6 nitrogen and oxygen atoms in total. The van der Waals surface area contributed by atoms with Crippen molar-refractivity contribution in [2.75, 3.05) is 0 Å². The molecule has 0 unspecified atom stereocenters. The van der Waals surface area contributed by atoms with Gasteiger partial charge in [0.1, 0.15) is 5.56 Å². The Labute approximate surface area is 106 Å². The van der Waals surface area contributed by atoms with Crippen LogP contribution in [0.5, 0.6) is 0 Å². The quantitative estimate of drug-likeness (QED) is 0.471. The number of hydrogen-bond acceptors (Lipinski definition) is 5. The molecule has 2 aromatic rings. The lowest BCUT2D eigenvalue weighted by Gasteiger charge is -1.99. The highest BCUT2D eigenvalue weighted by atomic mass is 127. The summed E-state index contributed by atoms with van der Waals surface area (Å²) in [5.41, 5.74) is -0.895. The Bertz CT molecular complexity index is 602. The molecule has 0 saturated carbocycles. The van der Waals surface area contributed by atoms with Crippen molar-refractivity contribution in [3.8, 4) is 11.5 Å². The maximum Gasteiger partial charge on any atom is 0.285 e. The molecule has 1 aromatic heterocycles. The predicted octanol–water partition coefficient (Wildman–Crippen LogP) is 2.53. The monoisotopic (exact) mass is 353 g/mol. The summed E-state index contributed by atoms with van der Waals surface area (Å²) in [5, 5.41) is 14.1. The molecule has 0 aliphatic carbocycles. The number of aromatic nitrogens is 2. The van der Waals surface area contributed by atoms with Crippen LogP contribution in [0, 0.1) is 25.6 Å². The van der Waals surface area contributed by atoms with Crippen LogP contribution in [0.4, 0.5) is 14.5 Å². The standard InChI is InChI=1S/C8H2F2IN3O3/c9-4-1-3(7-12-8(11)13-17-7)6(14(15)16)2-5(4)10/h1-2H. The molecule has 1 heterocycles. The molecule has 1 aromatic carbocycles. The largest absolute Gasteiger partial charge is 0.333 e. The SMILES string of the molecule is O=[N+]([O-])c1cc(F)c(F)cc1-c1nc(I)no1. The van der Waals surface area contributed by atoms with Crippen LogP contribution in [0.25, 0.3) is 11.5 Å². The fraction of sp³-hybridized carbons (Fsp3) is 0. The molecule has 2 rings (SSSR count). The van der Waals surface area contributed by atoms with Crippen LogP contribution in [0.2, 0.25) is 0 Å². The summed E-state index contributed by atoms with van der Waals surface area (Å²) in [6, 6.07) is 1.12. The van der Waals surface area contributed by atoms with Crippen LogP contribution in [-0.4, -0.2) is 15.1 Å². The first kappa shape index (κ1) is 11.8. The fourth-order valence-corrected chi connectivity index (χ4v) is 1.49. The molecule has 0 N–H and O–H groups in total. The van der Waals surface area contributed by atoms with E-state index in [-0.39, 0.29) is 15.3 Å². The summed E-state index contributed by atoms with van der Waals surface area (Å²) in [5.74, 6) is -2.77. The van der Waals surface area contributed by atoms with Crippen LogP contribution in [0.15, 0.2) is 16.7 Å². The lowest BCUT2D eigenvalue weighted by Crippen LogP contribution is -1.96. The van der Waals surface area contributed by atoms with E-state index in [1.54, 1.807) is 22.6 Å². The zero-order valence-corrected chi connectivity index (χ0v) is 10.0. The van der Waals surface area contributed by atoms with Gasteiger partial charge in [-0.1, -0.05) is 5.16 Å². The zero-order valence-electron chi connectivity index (χ0n) is 7.85. The number of halogens is 3. The second-order valence-corrected chi connectivity index (χ2v) is 3.87. The van der Waals surface area contributed by atoms with Gasteiger partial charge in [0.05, 0.1) is 11.0 Å². The maximum absolute atomic E-state index is 13.0. The molecule has 0 spiro atoms. The molecular weight excluding hydrogens is 351 g/mol. The van der Waals surface area contributed by atoms with Crippen molar-refractivity contribution in [3.05, 3.63) is 37.7 Å². The summed E-state index contributed by atoms with van der Waals surface area (Å²) in [4.78, 5) is 13.5. The summed E-state index contributed by atoms with van der Waals surface area (Å²) in [6.07, 6.45) is 0. The normalized spacial score (nSPS) is 10.5. The van der Waals surface area contributed by atoms with Crippen molar-refractivity contribution in [2.45, 2.75) is 0 Å². The molecule has 9 heteroatoms. The lowest BCUT2D eigenvalue weighted by atomic mass is 10.1. The van der Waals surface area contributed by atoms with Crippen LogP contribution in [0.1, 0.15) is 0 Å². The molecule has 0 amide bonds. The number of nitro benzene ring substituents is 1. The van der Waals surface area contributed by atoms with Gasteiger partial charge in [-0.2, -0.15) is 4.98 Å². The third kappa shape index (κ3) is 2.23. The topological polar surface area (TPSA) is 82.1 Å². The number of hydrogen-bond donors (Lipinski definition) is 0. The van der Waals surface area contributed by atoms with Crippen LogP contribution in [0.3, 0.4) is 0 Å². The van der Waals surface area contributed by atoms with Gasteiger partial charge in [-0.15, -0.1) is 0 Å². The minimum absolute atomic E-state index is 0.205. The molecule has 0 radical (unpaired) electrons. The van der Waals surface area contributed by atoms with E-state index in [0.717, 1.165) is 0 Å². The second kappa shape index (κ2) is 4.31. The van der Waals surface area contributed by atoms with E-state index in [1.807, 2.05) is 0 Å². The minimum atomic E-state index is -1.31. The van der Waals surface area contributed by atoms with Crippen molar-refractivity contribution in [1.29, 1.82) is 0 Å². The average molecular weight is 353 g/mol. The van der Waals surface area contributed by atoms with Crippen molar-refractivity contribution < 1.29 is 18.2 Å². The van der Waals surface area contributed by atoms with E-state index >= 15 is 0 Å². The van der Waals surface area contributed by atoms with Gasteiger partial charge in [0.15, 0.2) is 11.6 Å². The van der Waals surface area contributed by atoms with Gasteiger partial charge in [-0.3, -0.25) is 10.1 Å². The van der Waals surface area contributed by atoms with Gasteiger partial charge < -0.3 is 4.52 Å². The van der Waals surface area contributed by atoms with Crippen LogP contribution in [-0.2, 0) is 0 Å². The Kier molecular flexibility index (Phi) is 3.00. The summed E-state index contributed by atoms with van der Waals surface area (Å²) < 4.78 is 30.8. The van der Waals surface area contributed by atoms with Gasteiger partial charge in [0, 0.05) is 22.6 Å². The molecule has 88 valence electrons. The van der Waals surface area contributed by atoms with E-state index in [4.69, 9.17) is 0 Å². The van der Waals surface area contributed by atoms with Gasteiger partial charge in [-0.25, -0.2) is 8.78 Å². The molecule has 0 bridgehead atoms. The average Bonchev–Trinajstić information content (AvgIpc) is 2.68. The van der Waals surface area contributed by atoms with E-state index in [9.17, 15) is 18.9 Å². The van der Waals surface area contributed by atoms with E-state index in [2.05, 4.69) is 14.7 Å². The second-order valence-electron chi connectivity index (χ2n) is 2.91. The Balaban J connectivity index is 2.67. The molecular formula is C8H2F2IN3O3. The molecule has 0 aliphatic rings. The predicted molar refractivity (Wildman–Crippen MR) is 59.0 cm³/mol. The summed E-state index contributed by atoms with van der Waals surface area (Å²) >= 11 is 1.72. The highest BCUT2D eigenvalue weighted by Crippen LogP contribution is 2.30. The molecule has 0 fully saturated rings. The number of nitro groups is 1. The molecule has 0 atom stereocenters. The lowest BCUT2D eigenvalue weighted by molar-refractivity contribution is -0.384. The van der Waals surface area contributed by atoms with Crippen molar-refractivity contribution in [3.63, 3.8) is 0 Å². The van der Waals surface area contributed by atoms with E-state index in [1.165, 1.54) is 0 Å². The van der Waals surface area contributed by atoms with Gasteiger partial charge in [0.25, 0.3) is 11.6 Å². The first-order chi connectivity index (χ1) is 7.99. The Hall–Kier alpha value is -1.65. The zero-order chi connectivity index (χ0) is 12.6. The van der Waals surface area contributed by atoms with Crippen LogP contribution >= 0.6 is 22.6 Å². The highest BCUT2D eigenvalue weighted by molar-refractivity contribution is 14.1. The van der Waals surface area contributed by atoms with Crippen molar-refractivity contribution in [2.24, 2.45) is 0 Å². The fourth-order valence-electron chi connectivity index (χ4n) is 1.17. The summed E-state index contributed by atoms with van der Waals surface area (Å²) in [7, 11) is 0. The smallest absolute Gasteiger partial charge is 0.285 e. The van der Waals surface area contributed by atoms with Crippen molar-refractivity contribution >= 4 is 28.3 Å². The Morgan fingerprint density at radius 1 is 1.35 bits per heavy atom. The minimum Gasteiger partial charge on any atom is -0.333 e. The molecule has 0 aliphatic heterocycles. The number of rotatable bonds is 2. The Morgan fingerprint density at radius 2 is 2.00 bits per heavy atom. The van der Waals surface area contributed by atoms with E-state index in [0.29, 0.717) is 12.1 Å². The Morgan fingerprint density at radius 3 is 2.53 bits per heavy atom. The van der Waals surface area contributed by atoms with Gasteiger partial charge in [0.2, 0.25) is 3.83 Å². The number of benzene rings is 1. The van der Waals surface area contributed by atoms with E-state index < -0.39 is 22.2 Å². The molecule has 17 heavy (non-hydrogen) atoms. The third-order valence-corrected chi connectivity index (χ3v) is 2.31.